The number of rotatable bonds is 5. The first kappa shape index (κ1) is 11.7. The zero-order valence-electron chi connectivity index (χ0n) is 9.61. The van der Waals surface area contributed by atoms with Gasteiger partial charge in [-0.3, -0.25) is 0 Å². The molecule has 0 spiro atoms. The van der Waals surface area contributed by atoms with Crippen LogP contribution in [0.4, 0.5) is 4.39 Å². The fraction of sp³-hybridized carbons (Fsp3) is 0.333. The van der Waals surface area contributed by atoms with E-state index in [0.717, 1.165) is 12.1 Å². The highest BCUT2D eigenvalue weighted by molar-refractivity contribution is 5.18. The van der Waals surface area contributed by atoms with E-state index in [-0.39, 0.29) is 5.82 Å². The molecule has 0 atom stereocenters. The summed E-state index contributed by atoms with van der Waals surface area (Å²) in [4.78, 5) is 0. The zero-order chi connectivity index (χ0) is 12.1. The van der Waals surface area contributed by atoms with Crippen LogP contribution in [0.1, 0.15) is 24.3 Å². The van der Waals surface area contributed by atoms with Crippen LogP contribution < -0.4 is 5.32 Å². The molecule has 1 heterocycles. The van der Waals surface area contributed by atoms with Crippen molar-refractivity contribution in [3.05, 3.63) is 47.4 Å². The van der Waals surface area contributed by atoms with Gasteiger partial charge in [0, 0.05) is 0 Å². The van der Waals surface area contributed by atoms with Gasteiger partial charge in [-0.25, -0.2) is 4.39 Å². The lowest BCUT2D eigenvalue weighted by molar-refractivity contribution is 0.441. The lowest BCUT2D eigenvalue weighted by atomic mass is 10.1. The minimum absolute atomic E-state index is 0.243. The van der Waals surface area contributed by atoms with E-state index >= 15 is 0 Å². The standard InChI is InChI=1S/C12H14FN3O/c1-2-14-8-12-16-15-11(17-12)7-9-3-5-10(13)6-4-9/h3-6,14H,2,7-8H2,1H3. The first-order valence-corrected chi connectivity index (χ1v) is 5.54. The molecule has 1 aromatic heterocycles. The molecule has 2 aromatic rings. The van der Waals surface area contributed by atoms with E-state index in [1.54, 1.807) is 12.1 Å². The highest BCUT2D eigenvalue weighted by Crippen LogP contribution is 2.09. The molecule has 0 bridgehead atoms. The van der Waals surface area contributed by atoms with Crippen LogP contribution in [0.25, 0.3) is 0 Å². The smallest absolute Gasteiger partial charge is 0.230 e. The highest BCUT2D eigenvalue weighted by Gasteiger charge is 2.06. The molecule has 1 N–H and O–H groups in total. The molecule has 1 aromatic carbocycles. The van der Waals surface area contributed by atoms with Crippen LogP contribution in [0.2, 0.25) is 0 Å². The van der Waals surface area contributed by atoms with Gasteiger partial charge in [-0.1, -0.05) is 19.1 Å². The van der Waals surface area contributed by atoms with E-state index in [4.69, 9.17) is 4.42 Å². The van der Waals surface area contributed by atoms with Crippen LogP contribution in [0.15, 0.2) is 28.7 Å². The van der Waals surface area contributed by atoms with Crippen molar-refractivity contribution < 1.29 is 8.81 Å². The first-order valence-electron chi connectivity index (χ1n) is 5.54. The average molecular weight is 235 g/mol. The minimum Gasteiger partial charge on any atom is -0.424 e. The van der Waals surface area contributed by atoms with Gasteiger partial charge < -0.3 is 9.73 Å². The average Bonchev–Trinajstić information content (AvgIpc) is 2.77. The number of aromatic nitrogens is 2. The Morgan fingerprint density at radius 2 is 1.88 bits per heavy atom. The van der Waals surface area contributed by atoms with Gasteiger partial charge in [-0.05, 0) is 24.2 Å². The van der Waals surface area contributed by atoms with E-state index in [2.05, 4.69) is 15.5 Å². The van der Waals surface area contributed by atoms with Crippen LogP contribution in [0.5, 0.6) is 0 Å². The van der Waals surface area contributed by atoms with Crippen LogP contribution in [-0.2, 0) is 13.0 Å². The third-order valence-electron chi connectivity index (χ3n) is 2.30. The SMILES string of the molecule is CCNCc1nnc(Cc2ccc(F)cc2)o1. The molecular formula is C12H14FN3O. The maximum atomic E-state index is 12.7. The molecule has 0 amide bonds. The normalized spacial score (nSPS) is 10.7. The molecule has 0 radical (unpaired) electrons. The summed E-state index contributed by atoms with van der Waals surface area (Å²) < 4.78 is 18.2. The molecule has 2 rings (SSSR count). The quantitative estimate of drug-likeness (QED) is 0.860. The van der Waals surface area contributed by atoms with Crippen LogP contribution in [0.3, 0.4) is 0 Å². The second-order valence-electron chi connectivity index (χ2n) is 3.67. The zero-order valence-corrected chi connectivity index (χ0v) is 9.61. The Labute approximate surface area is 98.9 Å². The molecule has 5 heteroatoms. The van der Waals surface area contributed by atoms with Gasteiger partial charge in [0.2, 0.25) is 11.8 Å². The minimum atomic E-state index is -0.243. The summed E-state index contributed by atoms with van der Waals surface area (Å²) in [6.07, 6.45) is 0.527. The fourth-order valence-corrected chi connectivity index (χ4v) is 1.44. The number of benzene rings is 1. The maximum absolute atomic E-state index is 12.7. The van der Waals surface area contributed by atoms with Gasteiger partial charge in [0.05, 0.1) is 13.0 Å². The summed E-state index contributed by atoms with van der Waals surface area (Å²) in [6, 6.07) is 6.27. The molecule has 0 fully saturated rings. The lowest BCUT2D eigenvalue weighted by Crippen LogP contribution is -2.11. The maximum Gasteiger partial charge on any atom is 0.230 e. The molecule has 0 aliphatic heterocycles. The Bertz CT molecular complexity index is 467. The van der Waals surface area contributed by atoms with Gasteiger partial charge >= 0.3 is 0 Å². The number of nitrogens with one attached hydrogen (secondary N) is 1. The van der Waals surface area contributed by atoms with E-state index in [9.17, 15) is 4.39 Å². The van der Waals surface area contributed by atoms with Crippen molar-refractivity contribution in [2.75, 3.05) is 6.54 Å². The number of hydrogen-bond donors (Lipinski definition) is 1. The topological polar surface area (TPSA) is 51.0 Å². The third kappa shape index (κ3) is 3.35. The predicted octanol–water partition coefficient (Wildman–Crippen LogP) is 1.91. The molecule has 17 heavy (non-hydrogen) atoms. The van der Waals surface area contributed by atoms with Gasteiger partial charge in [0.25, 0.3) is 0 Å². The van der Waals surface area contributed by atoms with Crippen LogP contribution >= 0.6 is 0 Å². The summed E-state index contributed by atoms with van der Waals surface area (Å²) in [6.45, 7) is 3.44. The second-order valence-corrected chi connectivity index (χ2v) is 3.67. The second kappa shape index (κ2) is 5.54. The highest BCUT2D eigenvalue weighted by atomic mass is 19.1. The van der Waals surface area contributed by atoms with Gasteiger partial charge in [0.15, 0.2) is 0 Å². The molecule has 0 unspecified atom stereocenters. The molecule has 4 nitrogen and oxygen atoms in total. The van der Waals surface area contributed by atoms with E-state index in [1.807, 2.05) is 6.92 Å². The van der Waals surface area contributed by atoms with Crippen molar-refractivity contribution in [1.82, 2.24) is 15.5 Å². The van der Waals surface area contributed by atoms with Crippen molar-refractivity contribution in [3.63, 3.8) is 0 Å². The Kier molecular flexibility index (Phi) is 3.82. The van der Waals surface area contributed by atoms with E-state index in [1.165, 1.54) is 12.1 Å². The Balaban J connectivity index is 1.98. The Hall–Kier alpha value is -1.75. The van der Waals surface area contributed by atoms with Crippen molar-refractivity contribution in [1.29, 1.82) is 0 Å². The van der Waals surface area contributed by atoms with Crippen molar-refractivity contribution >= 4 is 0 Å². The molecule has 90 valence electrons. The summed E-state index contributed by atoms with van der Waals surface area (Å²) in [5.41, 5.74) is 0.949. The summed E-state index contributed by atoms with van der Waals surface area (Å²) in [7, 11) is 0. The Morgan fingerprint density at radius 3 is 2.59 bits per heavy atom. The van der Waals surface area contributed by atoms with Crippen LogP contribution in [0, 0.1) is 5.82 Å². The van der Waals surface area contributed by atoms with Crippen LogP contribution in [-0.4, -0.2) is 16.7 Å². The van der Waals surface area contributed by atoms with Crippen molar-refractivity contribution in [2.24, 2.45) is 0 Å². The predicted molar refractivity (Wildman–Crippen MR) is 60.9 cm³/mol. The number of nitrogens with zero attached hydrogens (tertiary/aromatic N) is 2. The molecule has 0 aliphatic carbocycles. The number of hydrogen-bond acceptors (Lipinski definition) is 4. The van der Waals surface area contributed by atoms with E-state index < -0.39 is 0 Å². The molecule has 0 aliphatic rings. The van der Waals surface area contributed by atoms with E-state index in [0.29, 0.717) is 24.7 Å². The third-order valence-corrected chi connectivity index (χ3v) is 2.30. The molecule has 0 saturated carbocycles. The monoisotopic (exact) mass is 235 g/mol. The van der Waals surface area contributed by atoms with Gasteiger partial charge in [-0.2, -0.15) is 0 Å². The fourth-order valence-electron chi connectivity index (χ4n) is 1.44. The summed E-state index contributed by atoms with van der Waals surface area (Å²) in [5, 5.41) is 11.0. The largest absolute Gasteiger partial charge is 0.424 e. The van der Waals surface area contributed by atoms with Gasteiger partial charge in [0.1, 0.15) is 5.82 Å². The van der Waals surface area contributed by atoms with Gasteiger partial charge in [-0.15, -0.1) is 10.2 Å². The van der Waals surface area contributed by atoms with Crippen molar-refractivity contribution in [2.45, 2.75) is 19.9 Å². The van der Waals surface area contributed by atoms with Crippen molar-refractivity contribution in [3.8, 4) is 0 Å². The first-order chi connectivity index (χ1) is 8.28. The molecular weight excluding hydrogens is 221 g/mol. The summed E-state index contributed by atoms with van der Waals surface area (Å²) in [5.74, 6) is 0.876. The molecule has 0 saturated heterocycles. The summed E-state index contributed by atoms with van der Waals surface area (Å²) >= 11 is 0. The number of halogens is 1. The Morgan fingerprint density at radius 1 is 1.18 bits per heavy atom. The lowest BCUT2D eigenvalue weighted by Gasteiger charge is -1.96.